The summed E-state index contributed by atoms with van der Waals surface area (Å²) in [7, 11) is 0. The van der Waals surface area contributed by atoms with Crippen molar-refractivity contribution in [1.29, 1.82) is 0 Å². The molecule has 3 aromatic carbocycles. The van der Waals surface area contributed by atoms with Crippen molar-refractivity contribution in [2.24, 2.45) is 0 Å². The lowest BCUT2D eigenvalue weighted by Crippen LogP contribution is -1.85. The maximum Gasteiger partial charge on any atom is 0.142 e. The molecular weight excluding hydrogens is 424 g/mol. The molecule has 0 saturated heterocycles. The molecule has 0 amide bonds. The lowest BCUT2D eigenvalue weighted by atomic mass is 10.0. The van der Waals surface area contributed by atoms with E-state index >= 15 is 0 Å². The van der Waals surface area contributed by atoms with Crippen LogP contribution in [0.25, 0.3) is 18.2 Å². The molecule has 0 aliphatic carbocycles. The summed E-state index contributed by atoms with van der Waals surface area (Å²) in [4.78, 5) is 10.1. The van der Waals surface area contributed by atoms with Crippen molar-refractivity contribution in [1.82, 2.24) is 0 Å². The molecule has 1 nitrogen and oxygen atoms in total. The van der Waals surface area contributed by atoms with Gasteiger partial charge in [0, 0.05) is 5.02 Å². The Kier molecular flexibility index (Phi) is 11.1. The Morgan fingerprint density at radius 1 is 0.545 bits per heavy atom. The Hall–Kier alpha value is -3.16. The number of rotatable bonds is 7. The SMILES string of the molecule is CC(C)c1ccc(/C=C/C=C/c2ccc(Cl)cc2)cc1.CC(C)c1ccc(/C=C/C=O)cc1. The van der Waals surface area contributed by atoms with Crippen LogP contribution in [0.5, 0.6) is 0 Å². The number of carbonyl (C=O) groups is 1. The molecule has 0 fully saturated rings. The fourth-order valence-electron chi connectivity index (χ4n) is 3.04. The molecule has 3 aromatic rings. The van der Waals surface area contributed by atoms with E-state index in [0.717, 1.165) is 22.4 Å². The molecule has 0 aliphatic heterocycles. The van der Waals surface area contributed by atoms with Gasteiger partial charge in [0.25, 0.3) is 0 Å². The molecule has 0 aliphatic rings. The Morgan fingerprint density at radius 3 is 1.21 bits per heavy atom. The second-order valence-corrected chi connectivity index (χ2v) is 8.84. The van der Waals surface area contributed by atoms with Gasteiger partial charge in [0.1, 0.15) is 6.29 Å². The Labute approximate surface area is 204 Å². The fourth-order valence-corrected chi connectivity index (χ4v) is 3.17. The number of hydrogen-bond donors (Lipinski definition) is 0. The first-order chi connectivity index (χ1) is 15.9. The molecule has 0 spiro atoms. The second kappa shape index (κ2) is 14.1. The Morgan fingerprint density at radius 2 is 0.879 bits per heavy atom. The molecule has 0 bridgehead atoms. The van der Waals surface area contributed by atoms with Crippen LogP contribution in [0.3, 0.4) is 0 Å². The summed E-state index contributed by atoms with van der Waals surface area (Å²) in [5, 5.41) is 0.767. The van der Waals surface area contributed by atoms with E-state index in [-0.39, 0.29) is 0 Å². The summed E-state index contributed by atoms with van der Waals surface area (Å²) >= 11 is 5.85. The standard InChI is InChI=1S/C19H19Cl.C12H14O/c1-15(2)18-11-7-16(8-12-18)5-3-4-6-17-9-13-19(20)14-10-17;1-10(2)12-7-5-11(6-8-12)4-3-9-13/h3-15H,1-2H3;3-10H,1-2H3/b5-3+,6-4+;4-3+. The van der Waals surface area contributed by atoms with E-state index in [2.05, 4.69) is 82.3 Å². The van der Waals surface area contributed by atoms with E-state index in [4.69, 9.17) is 11.6 Å². The van der Waals surface area contributed by atoms with Crippen molar-refractivity contribution < 1.29 is 4.79 Å². The number of allylic oxidation sites excluding steroid dienone is 3. The van der Waals surface area contributed by atoms with Gasteiger partial charge < -0.3 is 0 Å². The molecule has 170 valence electrons. The summed E-state index contributed by atoms with van der Waals surface area (Å²) in [6.07, 6.45) is 12.4. The zero-order chi connectivity index (χ0) is 24.1. The van der Waals surface area contributed by atoms with E-state index in [9.17, 15) is 4.79 Å². The first-order valence-corrected chi connectivity index (χ1v) is 11.7. The normalized spacial score (nSPS) is 11.5. The third-order valence-corrected chi connectivity index (χ3v) is 5.38. The molecule has 0 N–H and O–H groups in total. The third kappa shape index (κ3) is 9.89. The van der Waals surface area contributed by atoms with Gasteiger partial charge in [0.05, 0.1) is 0 Å². The lowest BCUT2D eigenvalue weighted by molar-refractivity contribution is -0.104. The number of aldehydes is 1. The minimum Gasteiger partial charge on any atom is -0.299 e. The quantitative estimate of drug-likeness (QED) is 0.196. The molecule has 0 unspecified atom stereocenters. The molecule has 0 radical (unpaired) electrons. The van der Waals surface area contributed by atoms with E-state index < -0.39 is 0 Å². The van der Waals surface area contributed by atoms with Gasteiger partial charge in [-0.15, -0.1) is 0 Å². The van der Waals surface area contributed by atoms with Crippen LogP contribution < -0.4 is 0 Å². The maximum atomic E-state index is 10.1. The number of benzene rings is 3. The summed E-state index contributed by atoms with van der Waals surface area (Å²) < 4.78 is 0. The zero-order valence-electron chi connectivity index (χ0n) is 19.9. The van der Waals surface area contributed by atoms with Gasteiger partial charge in [-0.25, -0.2) is 0 Å². The van der Waals surface area contributed by atoms with E-state index in [1.165, 1.54) is 22.8 Å². The average Bonchev–Trinajstić information content (AvgIpc) is 2.82. The van der Waals surface area contributed by atoms with Crippen molar-refractivity contribution in [2.45, 2.75) is 39.5 Å². The van der Waals surface area contributed by atoms with Gasteiger partial charge in [-0.2, -0.15) is 0 Å². The maximum absolute atomic E-state index is 10.1. The van der Waals surface area contributed by atoms with Crippen molar-refractivity contribution in [3.8, 4) is 0 Å². The third-order valence-electron chi connectivity index (χ3n) is 5.13. The van der Waals surface area contributed by atoms with Crippen LogP contribution in [0.15, 0.2) is 91.0 Å². The van der Waals surface area contributed by atoms with Crippen LogP contribution in [-0.4, -0.2) is 6.29 Å². The van der Waals surface area contributed by atoms with Crippen LogP contribution in [0.4, 0.5) is 0 Å². The van der Waals surface area contributed by atoms with E-state index in [0.29, 0.717) is 11.8 Å². The number of halogens is 1. The minimum absolute atomic E-state index is 0.559. The number of hydrogen-bond acceptors (Lipinski definition) is 1. The smallest absolute Gasteiger partial charge is 0.142 e. The molecule has 0 heterocycles. The highest BCUT2D eigenvalue weighted by Gasteiger charge is 1.97. The minimum atomic E-state index is 0.559. The Bertz CT molecular complexity index is 1050. The van der Waals surface area contributed by atoms with Gasteiger partial charge >= 0.3 is 0 Å². The van der Waals surface area contributed by atoms with Crippen molar-refractivity contribution in [3.63, 3.8) is 0 Å². The van der Waals surface area contributed by atoms with E-state index in [1.54, 1.807) is 6.08 Å². The van der Waals surface area contributed by atoms with Crippen LogP contribution >= 0.6 is 11.6 Å². The van der Waals surface area contributed by atoms with Gasteiger partial charge in [-0.3, -0.25) is 4.79 Å². The molecule has 33 heavy (non-hydrogen) atoms. The average molecular weight is 457 g/mol. The van der Waals surface area contributed by atoms with Crippen LogP contribution in [-0.2, 0) is 4.79 Å². The Balaban J connectivity index is 0.000000257. The second-order valence-electron chi connectivity index (χ2n) is 8.41. The predicted octanol–water partition coefficient (Wildman–Crippen LogP) is 9.21. The summed E-state index contributed by atoms with van der Waals surface area (Å²) in [6.45, 7) is 8.74. The molecule has 0 saturated carbocycles. The van der Waals surface area contributed by atoms with Crippen LogP contribution in [0, 0.1) is 0 Å². The first-order valence-electron chi connectivity index (χ1n) is 11.3. The van der Waals surface area contributed by atoms with Crippen LogP contribution in [0.2, 0.25) is 5.02 Å². The highest BCUT2D eigenvalue weighted by atomic mass is 35.5. The van der Waals surface area contributed by atoms with Gasteiger partial charge in [-0.05, 0) is 57.9 Å². The highest BCUT2D eigenvalue weighted by Crippen LogP contribution is 2.16. The van der Waals surface area contributed by atoms with Crippen LogP contribution in [0.1, 0.15) is 67.3 Å². The number of carbonyl (C=O) groups excluding carboxylic acids is 1. The van der Waals surface area contributed by atoms with Crippen molar-refractivity contribution in [2.75, 3.05) is 0 Å². The van der Waals surface area contributed by atoms with Gasteiger partial charge in [0.15, 0.2) is 0 Å². The van der Waals surface area contributed by atoms with Gasteiger partial charge in [-0.1, -0.05) is 130 Å². The molecule has 3 rings (SSSR count). The molecular formula is C31H33ClO. The summed E-state index contributed by atoms with van der Waals surface area (Å²) in [5.74, 6) is 1.14. The molecule has 0 atom stereocenters. The topological polar surface area (TPSA) is 17.1 Å². The molecule has 2 heteroatoms. The van der Waals surface area contributed by atoms with Crippen molar-refractivity contribution in [3.05, 3.63) is 124 Å². The fraction of sp³-hybridized carbons (Fsp3) is 0.194. The molecule has 0 aromatic heterocycles. The van der Waals surface area contributed by atoms with E-state index in [1.807, 2.05) is 42.5 Å². The largest absolute Gasteiger partial charge is 0.299 e. The zero-order valence-corrected chi connectivity index (χ0v) is 20.7. The first kappa shape index (κ1) is 26.1. The van der Waals surface area contributed by atoms with Gasteiger partial charge in [0.2, 0.25) is 0 Å². The summed E-state index contributed by atoms with van der Waals surface area (Å²) in [6, 6.07) is 24.7. The monoisotopic (exact) mass is 456 g/mol. The summed E-state index contributed by atoms with van der Waals surface area (Å²) in [5.41, 5.74) is 6.13. The lowest BCUT2D eigenvalue weighted by Gasteiger charge is -2.04. The van der Waals surface area contributed by atoms with Crippen molar-refractivity contribution >= 4 is 36.1 Å². The predicted molar refractivity (Wildman–Crippen MR) is 146 cm³/mol. The highest BCUT2D eigenvalue weighted by molar-refractivity contribution is 6.30.